The van der Waals surface area contributed by atoms with Crippen molar-refractivity contribution < 1.29 is 19.0 Å². The minimum Gasteiger partial charge on any atom is -0.444 e. The molecule has 1 unspecified atom stereocenters. The summed E-state index contributed by atoms with van der Waals surface area (Å²) in [5, 5.41) is 4.15. The van der Waals surface area contributed by atoms with E-state index in [0.717, 1.165) is 58.7 Å². The maximum atomic E-state index is 13.9. The number of carbonyl (C=O) groups excluding carboxylic acids is 1. The number of ether oxygens (including phenoxy) is 3. The van der Waals surface area contributed by atoms with Crippen LogP contribution in [0.1, 0.15) is 567 Å². The summed E-state index contributed by atoms with van der Waals surface area (Å²) in [4.78, 5) is 15.9. The first kappa shape index (κ1) is 97.3. The number of fused-ring (bicyclic) bond motifs is 1. The van der Waals surface area contributed by atoms with Crippen LogP contribution in [0.4, 0.5) is 4.79 Å². The highest BCUT2D eigenvalue weighted by Crippen LogP contribution is 2.50. The minimum atomic E-state index is -0.519. The lowest BCUT2D eigenvalue weighted by atomic mass is 9.69. The van der Waals surface area contributed by atoms with Crippen LogP contribution in [0, 0.1) is 5.41 Å². The number of nitrogens with one attached hydrogen (secondary N) is 1. The van der Waals surface area contributed by atoms with Gasteiger partial charge in [-0.25, -0.2) is 4.79 Å². The highest BCUT2D eigenvalue weighted by Gasteiger charge is 2.54. The fraction of sp³-hybridized carbons (Fsp3) is 0.990. The number of nitrogens with zero attached hydrogens (tertiary/aromatic N) is 1. The smallest absolute Gasteiger partial charge is 0.410 e. The number of amides is 1. The van der Waals surface area contributed by atoms with E-state index in [-0.39, 0.29) is 11.5 Å². The number of hydrogen-bond donors (Lipinski definition) is 1. The Morgan fingerprint density at radius 2 is 0.423 bits per heavy atom. The lowest BCUT2D eigenvalue weighted by Crippen LogP contribution is -2.55. The summed E-state index contributed by atoms with van der Waals surface area (Å²) in [5.74, 6) is -0.519. The average molecular weight is 1460 g/mol. The molecule has 1 amide bonds. The monoisotopic (exact) mass is 1460 g/mol. The Hall–Kier alpha value is -0.850. The fourth-order valence-electron chi connectivity index (χ4n) is 18.5. The van der Waals surface area contributed by atoms with E-state index in [9.17, 15) is 4.79 Å². The molecular formula is C98H192N2O4. The number of carbonyl (C=O) groups is 1. The molecule has 618 valence electrons. The summed E-state index contributed by atoms with van der Waals surface area (Å²) in [5.41, 5.74) is -0.566. The molecule has 0 aromatic carbocycles. The van der Waals surface area contributed by atoms with E-state index in [2.05, 4.69) is 10.2 Å². The quantitative estimate of drug-likeness (QED) is 0.262. The Bertz CT molecular complexity index is 1670. The van der Waals surface area contributed by atoms with Crippen molar-refractivity contribution in [3.8, 4) is 0 Å². The van der Waals surface area contributed by atoms with Crippen LogP contribution in [-0.2, 0) is 14.2 Å². The zero-order chi connectivity index (χ0) is 73.8. The van der Waals surface area contributed by atoms with Gasteiger partial charge in [-0.3, -0.25) is 0 Å². The standard InChI is InChI=1S/C98H192N2O4/c1-96(2,3)104-95(101)100-90-84-80-76-72-68-64-60-56-52-48-44-40-36-32-28-24-20-16-12-11-14-18-22-26-30-34-38-42-46-50-54-58-62-66-70-74-78-82-87-97(94-99-89-85-91-100)86-81-77-73-69-65-61-57-53-49-45-41-37-33-29-25-21-17-13-9-7-5-4-6-8-10-15-19-23-27-31-35-39-43-47-51-55-59-63-67-71-75-79-83-88-98(97)102-92-93-103-98/h99H,4-94H2,1-3H3. The molecule has 2 heterocycles. The normalized spacial score (nSPS) is 25.6. The molecule has 0 aromatic rings. The van der Waals surface area contributed by atoms with E-state index >= 15 is 0 Å². The summed E-state index contributed by atoms with van der Waals surface area (Å²) in [7, 11) is 0. The third kappa shape index (κ3) is 60.8. The summed E-state index contributed by atoms with van der Waals surface area (Å²) in [6, 6.07) is 0. The molecule has 0 aromatic heterocycles. The largest absolute Gasteiger partial charge is 0.444 e. The molecule has 0 radical (unpaired) electrons. The molecule has 6 heteroatoms. The Kier molecular flexibility index (Phi) is 70.1. The van der Waals surface area contributed by atoms with E-state index in [1.54, 1.807) is 0 Å². The lowest BCUT2D eigenvalue weighted by molar-refractivity contribution is -0.247. The van der Waals surface area contributed by atoms with Gasteiger partial charge in [-0.15, -0.1) is 0 Å². The molecule has 2 aliphatic heterocycles. The Labute approximate surface area is 654 Å². The maximum Gasteiger partial charge on any atom is 0.410 e. The molecule has 3 rings (SSSR count). The van der Waals surface area contributed by atoms with Crippen LogP contribution >= 0.6 is 0 Å². The van der Waals surface area contributed by atoms with Crippen LogP contribution in [0.5, 0.6) is 0 Å². The third-order valence-corrected chi connectivity index (χ3v) is 25.5. The first-order valence-electron chi connectivity index (χ1n) is 49.3. The van der Waals surface area contributed by atoms with Gasteiger partial charge in [0.1, 0.15) is 5.60 Å². The second kappa shape index (κ2) is 74.9. The van der Waals surface area contributed by atoms with Gasteiger partial charge < -0.3 is 24.4 Å². The van der Waals surface area contributed by atoms with Gasteiger partial charge in [-0.2, -0.15) is 0 Å². The van der Waals surface area contributed by atoms with Gasteiger partial charge in [0, 0.05) is 31.5 Å². The highest BCUT2D eigenvalue weighted by atomic mass is 16.7. The zero-order valence-corrected chi connectivity index (χ0v) is 71.9. The molecule has 2 saturated heterocycles. The van der Waals surface area contributed by atoms with Crippen LogP contribution in [-0.4, -0.2) is 61.8 Å². The van der Waals surface area contributed by atoms with Crippen LogP contribution in [0.3, 0.4) is 0 Å². The van der Waals surface area contributed by atoms with Crippen molar-refractivity contribution in [1.29, 1.82) is 0 Å². The second-order valence-corrected chi connectivity index (χ2v) is 36.6. The van der Waals surface area contributed by atoms with Gasteiger partial charge in [0.05, 0.1) is 13.2 Å². The van der Waals surface area contributed by atoms with E-state index in [4.69, 9.17) is 14.2 Å². The summed E-state index contributed by atoms with van der Waals surface area (Å²) >= 11 is 0. The summed E-state index contributed by atoms with van der Waals surface area (Å²) in [6.07, 6.45) is 119. The fourth-order valence-corrected chi connectivity index (χ4v) is 18.5. The van der Waals surface area contributed by atoms with Gasteiger partial charge in [0.15, 0.2) is 5.79 Å². The Balaban J connectivity index is 1.64. The SMILES string of the molecule is CC(C)(C)OC(=O)N1CCCCCCCCCCCCCCCCCCCCCCCCCCCCCCCCCCCCCCCCC2(CCCCCCCCCCCCCCCCCCCCCCCCCCCCCCCCCCCCCCCCCCCCCC23OCCO3)CNCCC1. The molecule has 2 spiro atoms. The summed E-state index contributed by atoms with van der Waals surface area (Å²) in [6.45, 7) is 10.9. The lowest BCUT2D eigenvalue weighted by Gasteiger charge is -2.48. The molecule has 0 bridgehead atoms. The molecule has 6 nitrogen and oxygen atoms in total. The van der Waals surface area contributed by atoms with Crippen LogP contribution in [0.15, 0.2) is 0 Å². The third-order valence-electron chi connectivity index (χ3n) is 25.5. The zero-order valence-electron chi connectivity index (χ0n) is 71.9. The number of hydrogen-bond acceptors (Lipinski definition) is 5. The van der Waals surface area contributed by atoms with Gasteiger partial charge in [-0.1, -0.05) is 507 Å². The van der Waals surface area contributed by atoms with Crippen molar-refractivity contribution in [3.05, 3.63) is 0 Å². The van der Waals surface area contributed by atoms with E-state index < -0.39 is 11.4 Å². The van der Waals surface area contributed by atoms with Crippen molar-refractivity contribution in [1.82, 2.24) is 10.2 Å². The molecular weight excluding hydrogens is 1270 g/mol. The maximum absolute atomic E-state index is 13.9. The molecule has 104 heavy (non-hydrogen) atoms. The molecule has 1 atom stereocenters. The highest BCUT2D eigenvalue weighted by molar-refractivity contribution is 5.68. The first-order valence-corrected chi connectivity index (χ1v) is 49.3. The van der Waals surface area contributed by atoms with Crippen LogP contribution in [0.2, 0.25) is 0 Å². The molecule has 1 saturated carbocycles. The van der Waals surface area contributed by atoms with Crippen molar-refractivity contribution >= 4 is 6.09 Å². The Morgan fingerprint density at radius 3 is 0.625 bits per heavy atom. The van der Waals surface area contributed by atoms with E-state index in [1.165, 1.54) is 527 Å². The molecule has 3 aliphatic rings. The molecule has 1 aliphatic carbocycles. The predicted octanol–water partition coefficient (Wildman–Crippen LogP) is 33.7. The minimum absolute atomic E-state index is 0.0681. The molecule has 1 N–H and O–H groups in total. The van der Waals surface area contributed by atoms with E-state index in [0.29, 0.717) is 0 Å². The van der Waals surface area contributed by atoms with Crippen molar-refractivity contribution in [2.45, 2.75) is 578 Å². The first-order chi connectivity index (χ1) is 51.4. The van der Waals surface area contributed by atoms with Crippen LogP contribution < -0.4 is 5.32 Å². The van der Waals surface area contributed by atoms with Gasteiger partial charge in [0.25, 0.3) is 0 Å². The predicted molar refractivity (Wildman–Crippen MR) is 460 cm³/mol. The van der Waals surface area contributed by atoms with Crippen molar-refractivity contribution in [2.75, 3.05) is 39.4 Å². The van der Waals surface area contributed by atoms with Crippen molar-refractivity contribution in [2.24, 2.45) is 5.41 Å². The summed E-state index contributed by atoms with van der Waals surface area (Å²) < 4.78 is 20.5. The topological polar surface area (TPSA) is 60.0 Å². The van der Waals surface area contributed by atoms with Gasteiger partial charge >= 0.3 is 6.09 Å². The van der Waals surface area contributed by atoms with Crippen molar-refractivity contribution in [3.63, 3.8) is 0 Å². The van der Waals surface area contributed by atoms with E-state index in [1.807, 2.05) is 20.8 Å². The van der Waals surface area contributed by atoms with Crippen LogP contribution in [0.25, 0.3) is 0 Å². The average Bonchev–Trinajstić information content (AvgIpc) is 1.46. The van der Waals surface area contributed by atoms with Gasteiger partial charge in [0.2, 0.25) is 0 Å². The molecule has 3 fully saturated rings. The number of rotatable bonds is 0. The second-order valence-electron chi connectivity index (χ2n) is 36.6. The Morgan fingerprint density at radius 1 is 0.250 bits per heavy atom. The van der Waals surface area contributed by atoms with Gasteiger partial charge in [-0.05, 0) is 59.4 Å².